The van der Waals surface area contributed by atoms with Crippen LogP contribution in [-0.2, 0) is 9.59 Å². The third kappa shape index (κ3) is 3.67. The van der Waals surface area contributed by atoms with Gasteiger partial charge in [-0.25, -0.2) is 0 Å². The molecule has 3 rings (SSSR count). The normalized spacial score (nSPS) is 17.8. The number of hydrogen-bond donors (Lipinski definition) is 0. The number of ether oxygens (including phenoxy) is 1. The number of likely N-dealkylation sites (tertiary alicyclic amines) is 1. The Morgan fingerprint density at radius 3 is 2.42 bits per heavy atom. The number of carbonyl (C=O) groups is 3. The maximum absolute atomic E-state index is 12.5. The highest BCUT2D eigenvalue weighted by molar-refractivity contribution is 5.98. The van der Waals surface area contributed by atoms with E-state index in [-0.39, 0.29) is 29.9 Å². The Morgan fingerprint density at radius 1 is 1.08 bits per heavy atom. The monoisotopic (exact) mass is 351 g/mol. The van der Waals surface area contributed by atoms with Crippen molar-refractivity contribution in [3.63, 3.8) is 0 Å². The second kappa shape index (κ2) is 7.52. The molecular formula is C21H21NO4. The van der Waals surface area contributed by atoms with Crippen LogP contribution in [-0.4, -0.2) is 29.1 Å². The highest BCUT2D eigenvalue weighted by Gasteiger charge is 2.38. The SMILES string of the molecule is CC(=O)c1ccccc1OC(=O)[C@@H]1CC(=O)N([C@@H](C)c2ccccc2)C1. The molecule has 1 amide bonds. The number of carbonyl (C=O) groups excluding carboxylic acids is 3. The van der Waals surface area contributed by atoms with Gasteiger partial charge in [0.2, 0.25) is 5.91 Å². The van der Waals surface area contributed by atoms with Crippen LogP contribution in [0.4, 0.5) is 0 Å². The van der Waals surface area contributed by atoms with E-state index in [1.165, 1.54) is 6.92 Å². The molecule has 2 aromatic carbocycles. The molecule has 0 bridgehead atoms. The molecule has 1 aliphatic rings. The predicted octanol–water partition coefficient (Wildman–Crippen LogP) is 3.40. The minimum absolute atomic E-state index is 0.0665. The van der Waals surface area contributed by atoms with Gasteiger partial charge in [-0.2, -0.15) is 0 Å². The molecule has 0 saturated carbocycles. The van der Waals surface area contributed by atoms with Gasteiger partial charge in [-0.3, -0.25) is 14.4 Å². The van der Waals surface area contributed by atoms with Crippen molar-refractivity contribution in [2.75, 3.05) is 6.54 Å². The summed E-state index contributed by atoms with van der Waals surface area (Å²) in [4.78, 5) is 38.3. The molecule has 0 aliphatic carbocycles. The van der Waals surface area contributed by atoms with Crippen LogP contribution in [0.15, 0.2) is 54.6 Å². The minimum Gasteiger partial charge on any atom is -0.425 e. The quantitative estimate of drug-likeness (QED) is 0.470. The molecule has 1 heterocycles. The van der Waals surface area contributed by atoms with Gasteiger partial charge < -0.3 is 9.64 Å². The molecule has 5 heteroatoms. The summed E-state index contributed by atoms with van der Waals surface area (Å²) >= 11 is 0. The minimum atomic E-state index is -0.534. The van der Waals surface area contributed by atoms with Gasteiger partial charge in [0.1, 0.15) is 5.75 Å². The number of nitrogens with zero attached hydrogens (tertiary/aromatic N) is 1. The van der Waals surface area contributed by atoms with Crippen molar-refractivity contribution >= 4 is 17.7 Å². The van der Waals surface area contributed by atoms with Crippen LogP contribution in [0, 0.1) is 5.92 Å². The van der Waals surface area contributed by atoms with Gasteiger partial charge in [-0.05, 0) is 31.5 Å². The van der Waals surface area contributed by atoms with Gasteiger partial charge in [0.15, 0.2) is 5.78 Å². The van der Waals surface area contributed by atoms with Crippen molar-refractivity contribution in [2.24, 2.45) is 5.92 Å². The topological polar surface area (TPSA) is 63.7 Å². The fraction of sp³-hybridized carbons (Fsp3) is 0.286. The van der Waals surface area contributed by atoms with Crippen molar-refractivity contribution in [3.8, 4) is 5.75 Å². The van der Waals surface area contributed by atoms with Gasteiger partial charge in [0.25, 0.3) is 0 Å². The first-order chi connectivity index (χ1) is 12.5. The van der Waals surface area contributed by atoms with E-state index in [4.69, 9.17) is 4.74 Å². The Labute approximate surface area is 152 Å². The van der Waals surface area contributed by atoms with Gasteiger partial charge >= 0.3 is 5.97 Å². The summed E-state index contributed by atoms with van der Waals surface area (Å²) in [7, 11) is 0. The van der Waals surface area contributed by atoms with Crippen molar-refractivity contribution in [3.05, 3.63) is 65.7 Å². The Hall–Kier alpha value is -2.95. The Bertz CT molecular complexity index is 831. The van der Waals surface area contributed by atoms with E-state index in [1.54, 1.807) is 29.2 Å². The molecule has 134 valence electrons. The zero-order valence-corrected chi connectivity index (χ0v) is 14.8. The molecular weight excluding hydrogens is 330 g/mol. The molecule has 0 spiro atoms. The van der Waals surface area contributed by atoms with Crippen LogP contribution in [0.2, 0.25) is 0 Å². The summed E-state index contributed by atoms with van der Waals surface area (Å²) in [5, 5.41) is 0. The number of Topliss-reactive ketones (excluding diaryl/α,β-unsaturated/α-hetero) is 1. The number of para-hydroxylation sites is 1. The summed E-state index contributed by atoms with van der Waals surface area (Å²) in [6.45, 7) is 3.69. The number of ketones is 1. The van der Waals surface area contributed by atoms with E-state index in [0.29, 0.717) is 12.1 Å². The van der Waals surface area contributed by atoms with Crippen LogP contribution < -0.4 is 4.74 Å². The van der Waals surface area contributed by atoms with E-state index in [1.807, 2.05) is 37.3 Å². The molecule has 0 radical (unpaired) electrons. The first-order valence-corrected chi connectivity index (χ1v) is 8.63. The third-order valence-corrected chi connectivity index (χ3v) is 4.72. The Morgan fingerprint density at radius 2 is 1.73 bits per heavy atom. The third-order valence-electron chi connectivity index (χ3n) is 4.72. The second-order valence-corrected chi connectivity index (χ2v) is 6.51. The van der Waals surface area contributed by atoms with E-state index in [0.717, 1.165) is 5.56 Å². The number of rotatable bonds is 5. The largest absolute Gasteiger partial charge is 0.425 e. The highest BCUT2D eigenvalue weighted by Crippen LogP contribution is 2.30. The summed E-state index contributed by atoms with van der Waals surface area (Å²) in [6, 6.07) is 16.2. The zero-order chi connectivity index (χ0) is 18.7. The van der Waals surface area contributed by atoms with Crippen molar-refractivity contribution in [1.29, 1.82) is 0 Å². The number of hydrogen-bond acceptors (Lipinski definition) is 4. The van der Waals surface area contributed by atoms with Gasteiger partial charge in [0.05, 0.1) is 17.5 Å². The van der Waals surface area contributed by atoms with Crippen LogP contribution in [0.3, 0.4) is 0 Å². The highest BCUT2D eigenvalue weighted by atomic mass is 16.5. The van der Waals surface area contributed by atoms with Crippen molar-refractivity contribution in [2.45, 2.75) is 26.3 Å². The maximum Gasteiger partial charge on any atom is 0.316 e. The molecule has 2 aromatic rings. The molecule has 0 unspecified atom stereocenters. The fourth-order valence-corrected chi connectivity index (χ4v) is 3.21. The lowest BCUT2D eigenvalue weighted by Gasteiger charge is -2.25. The van der Waals surface area contributed by atoms with Crippen LogP contribution in [0.5, 0.6) is 5.75 Å². The molecule has 0 aromatic heterocycles. The first kappa shape index (κ1) is 17.9. The summed E-state index contributed by atoms with van der Waals surface area (Å²) in [5.74, 6) is -1.01. The molecule has 1 aliphatic heterocycles. The van der Waals surface area contributed by atoms with E-state index in [9.17, 15) is 14.4 Å². The summed E-state index contributed by atoms with van der Waals surface area (Å²) in [5.41, 5.74) is 1.39. The smallest absolute Gasteiger partial charge is 0.316 e. The Balaban J connectivity index is 1.71. The zero-order valence-electron chi connectivity index (χ0n) is 14.8. The van der Waals surface area contributed by atoms with Crippen LogP contribution >= 0.6 is 0 Å². The van der Waals surface area contributed by atoms with Crippen LogP contribution in [0.1, 0.15) is 42.2 Å². The standard InChI is InChI=1S/C21H21NO4/c1-14(16-8-4-3-5-9-16)22-13-17(12-20(22)24)21(25)26-19-11-7-6-10-18(19)15(2)23/h3-11,14,17H,12-13H2,1-2H3/t14-,17+/m0/s1. The molecule has 0 N–H and O–H groups in total. The fourth-order valence-electron chi connectivity index (χ4n) is 3.21. The molecule has 26 heavy (non-hydrogen) atoms. The lowest BCUT2D eigenvalue weighted by molar-refractivity contribution is -0.139. The average molecular weight is 351 g/mol. The number of esters is 1. The number of amides is 1. The van der Waals surface area contributed by atoms with E-state index < -0.39 is 11.9 Å². The predicted molar refractivity (Wildman–Crippen MR) is 96.8 cm³/mol. The first-order valence-electron chi connectivity index (χ1n) is 8.63. The van der Waals surface area contributed by atoms with Crippen molar-refractivity contribution in [1.82, 2.24) is 4.90 Å². The summed E-state index contributed by atoms with van der Waals surface area (Å²) in [6.07, 6.45) is 0.123. The lowest BCUT2D eigenvalue weighted by atomic mass is 10.1. The van der Waals surface area contributed by atoms with E-state index >= 15 is 0 Å². The summed E-state index contributed by atoms with van der Waals surface area (Å²) < 4.78 is 5.43. The van der Waals surface area contributed by atoms with Crippen molar-refractivity contribution < 1.29 is 19.1 Å². The molecule has 1 saturated heterocycles. The van der Waals surface area contributed by atoms with Gasteiger partial charge in [-0.1, -0.05) is 42.5 Å². The second-order valence-electron chi connectivity index (χ2n) is 6.51. The van der Waals surface area contributed by atoms with Gasteiger partial charge in [0, 0.05) is 13.0 Å². The number of benzene rings is 2. The van der Waals surface area contributed by atoms with E-state index in [2.05, 4.69) is 0 Å². The molecule has 2 atom stereocenters. The molecule has 1 fully saturated rings. The maximum atomic E-state index is 12.5. The van der Waals surface area contributed by atoms with Crippen LogP contribution in [0.25, 0.3) is 0 Å². The lowest BCUT2D eigenvalue weighted by Crippen LogP contribution is -2.30. The Kier molecular flexibility index (Phi) is 5.16. The van der Waals surface area contributed by atoms with Gasteiger partial charge in [-0.15, -0.1) is 0 Å². The average Bonchev–Trinajstić information content (AvgIpc) is 3.04. The molecule has 5 nitrogen and oxygen atoms in total.